The molecule has 1 aromatic carbocycles. The van der Waals surface area contributed by atoms with Crippen molar-refractivity contribution in [2.45, 2.75) is 31.2 Å². The molecular formula is C13H15NO2. The zero-order chi connectivity index (χ0) is 11.1. The molecular weight excluding hydrogens is 202 g/mol. The number of anilines is 1. The first-order valence-electron chi connectivity index (χ1n) is 5.84. The fourth-order valence-electron chi connectivity index (χ4n) is 2.61. The lowest BCUT2D eigenvalue weighted by Crippen LogP contribution is -2.32. The fraction of sp³-hybridized carbons (Fsp3) is 0.462. The van der Waals surface area contributed by atoms with Gasteiger partial charge in [-0.15, -0.1) is 0 Å². The van der Waals surface area contributed by atoms with E-state index in [-0.39, 0.29) is 5.92 Å². The van der Waals surface area contributed by atoms with Crippen molar-refractivity contribution in [3.05, 3.63) is 29.8 Å². The van der Waals surface area contributed by atoms with E-state index in [1.54, 1.807) is 0 Å². The third-order valence-corrected chi connectivity index (χ3v) is 3.66. The number of hydrogen-bond acceptors (Lipinski definition) is 2. The summed E-state index contributed by atoms with van der Waals surface area (Å²) in [5.74, 6) is -0.335. The molecule has 1 saturated carbocycles. The van der Waals surface area contributed by atoms with E-state index in [1.165, 1.54) is 12.8 Å². The number of carboxylic acids is 1. The van der Waals surface area contributed by atoms with Crippen LogP contribution in [0.4, 0.5) is 5.69 Å². The van der Waals surface area contributed by atoms with Gasteiger partial charge in [0.1, 0.15) is 0 Å². The SMILES string of the molecule is O=C(O)C1CC(C2CC2)Nc2ccccc21. The number of nitrogens with one attached hydrogen (secondary N) is 1. The lowest BCUT2D eigenvalue weighted by atomic mass is 9.85. The molecule has 2 aliphatic rings. The van der Waals surface area contributed by atoms with Crippen LogP contribution >= 0.6 is 0 Å². The van der Waals surface area contributed by atoms with Crippen molar-refractivity contribution < 1.29 is 9.90 Å². The number of benzene rings is 1. The van der Waals surface area contributed by atoms with Crippen LogP contribution in [0.2, 0.25) is 0 Å². The Labute approximate surface area is 94.5 Å². The smallest absolute Gasteiger partial charge is 0.311 e. The third kappa shape index (κ3) is 1.56. The Morgan fingerprint density at radius 3 is 2.75 bits per heavy atom. The minimum Gasteiger partial charge on any atom is -0.481 e. The highest BCUT2D eigenvalue weighted by Crippen LogP contribution is 2.43. The Morgan fingerprint density at radius 1 is 1.31 bits per heavy atom. The maximum atomic E-state index is 11.3. The Hall–Kier alpha value is -1.51. The van der Waals surface area contributed by atoms with Gasteiger partial charge in [0.05, 0.1) is 5.92 Å². The van der Waals surface area contributed by atoms with Gasteiger partial charge in [-0.1, -0.05) is 18.2 Å². The molecule has 2 atom stereocenters. The molecule has 2 N–H and O–H groups in total. The van der Waals surface area contributed by atoms with E-state index in [9.17, 15) is 9.90 Å². The van der Waals surface area contributed by atoms with Crippen LogP contribution in [-0.4, -0.2) is 17.1 Å². The normalized spacial score (nSPS) is 28.0. The summed E-state index contributed by atoms with van der Waals surface area (Å²) in [6, 6.07) is 8.13. The summed E-state index contributed by atoms with van der Waals surface area (Å²) >= 11 is 0. The summed E-state index contributed by atoms with van der Waals surface area (Å²) in [5, 5.41) is 12.8. The second-order valence-electron chi connectivity index (χ2n) is 4.80. The molecule has 0 spiro atoms. The van der Waals surface area contributed by atoms with Gasteiger partial charge < -0.3 is 10.4 Å². The van der Waals surface area contributed by atoms with E-state index in [4.69, 9.17) is 0 Å². The van der Waals surface area contributed by atoms with Crippen molar-refractivity contribution >= 4 is 11.7 Å². The van der Waals surface area contributed by atoms with Gasteiger partial charge in [-0.3, -0.25) is 4.79 Å². The predicted molar refractivity (Wildman–Crippen MR) is 61.6 cm³/mol. The quantitative estimate of drug-likeness (QED) is 0.800. The number of hydrogen-bond donors (Lipinski definition) is 2. The summed E-state index contributed by atoms with van der Waals surface area (Å²) in [6.07, 6.45) is 3.22. The molecule has 3 nitrogen and oxygen atoms in total. The first-order chi connectivity index (χ1) is 7.75. The molecule has 0 saturated heterocycles. The third-order valence-electron chi connectivity index (χ3n) is 3.66. The predicted octanol–water partition coefficient (Wildman–Crippen LogP) is 2.45. The van der Waals surface area contributed by atoms with Crippen LogP contribution in [0.1, 0.15) is 30.7 Å². The maximum Gasteiger partial charge on any atom is 0.311 e. The number of aliphatic carboxylic acids is 1. The zero-order valence-corrected chi connectivity index (χ0v) is 9.02. The van der Waals surface area contributed by atoms with Crippen LogP contribution in [0, 0.1) is 5.92 Å². The van der Waals surface area contributed by atoms with Crippen molar-refractivity contribution in [3.63, 3.8) is 0 Å². The molecule has 3 heteroatoms. The molecule has 3 rings (SSSR count). The number of para-hydroxylation sites is 1. The van der Waals surface area contributed by atoms with Crippen LogP contribution in [0.3, 0.4) is 0 Å². The van der Waals surface area contributed by atoms with Gasteiger partial charge in [-0.2, -0.15) is 0 Å². The maximum absolute atomic E-state index is 11.3. The van der Waals surface area contributed by atoms with Crippen molar-refractivity contribution in [3.8, 4) is 0 Å². The molecule has 1 aliphatic carbocycles. The second-order valence-corrected chi connectivity index (χ2v) is 4.80. The van der Waals surface area contributed by atoms with Gasteiger partial charge in [0, 0.05) is 11.7 Å². The van der Waals surface area contributed by atoms with Gasteiger partial charge in [0.2, 0.25) is 0 Å². The largest absolute Gasteiger partial charge is 0.481 e. The lowest BCUT2D eigenvalue weighted by Gasteiger charge is -2.31. The van der Waals surface area contributed by atoms with Crippen LogP contribution in [-0.2, 0) is 4.79 Å². The van der Waals surface area contributed by atoms with E-state index in [2.05, 4.69) is 5.32 Å². The Morgan fingerprint density at radius 2 is 2.06 bits per heavy atom. The molecule has 1 aliphatic heterocycles. The Kier molecular flexibility index (Phi) is 2.13. The topological polar surface area (TPSA) is 49.3 Å². The Bertz CT molecular complexity index is 426. The number of fused-ring (bicyclic) bond motifs is 1. The monoisotopic (exact) mass is 217 g/mol. The highest BCUT2D eigenvalue weighted by atomic mass is 16.4. The minimum absolute atomic E-state index is 0.331. The molecule has 84 valence electrons. The molecule has 1 heterocycles. The Balaban J connectivity index is 1.96. The van der Waals surface area contributed by atoms with Crippen molar-refractivity contribution in [1.29, 1.82) is 0 Å². The van der Waals surface area contributed by atoms with Gasteiger partial charge in [0.25, 0.3) is 0 Å². The molecule has 0 amide bonds. The number of carboxylic acid groups (broad SMARTS) is 1. The van der Waals surface area contributed by atoms with Gasteiger partial charge in [0.15, 0.2) is 0 Å². The lowest BCUT2D eigenvalue weighted by molar-refractivity contribution is -0.139. The van der Waals surface area contributed by atoms with Crippen molar-refractivity contribution in [1.82, 2.24) is 0 Å². The summed E-state index contributed by atoms with van der Waals surface area (Å²) in [6.45, 7) is 0. The zero-order valence-electron chi connectivity index (χ0n) is 9.02. The average Bonchev–Trinajstić information content (AvgIpc) is 3.11. The highest BCUT2D eigenvalue weighted by Gasteiger charge is 2.38. The molecule has 0 radical (unpaired) electrons. The van der Waals surface area contributed by atoms with E-state index >= 15 is 0 Å². The highest BCUT2D eigenvalue weighted by molar-refractivity contribution is 5.80. The summed E-state index contributed by atoms with van der Waals surface area (Å²) in [5.41, 5.74) is 1.95. The van der Waals surface area contributed by atoms with Crippen LogP contribution in [0.15, 0.2) is 24.3 Å². The molecule has 0 bridgehead atoms. The summed E-state index contributed by atoms with van der Waals surface area (Å²) < 4.78 is 0. The average molecular weight is 217 g/mol. The first kappa shape index (κ1) is 9.70. The summed E-state index contributed by atoms with van der Waals surface area (Å²) in [7, 11) is 0. The van der Waals surface area contributed by atoms with E-state index in [0.29, 0.717) is 12.0 Å². The molecule has 2 unspecified atom stereocenters. The summed E-state index contributed by atoms with van der Waals surface area (Å²) in [4.78, 5) is 11.3. The fourth-order valence-corrected chi connectivity index (χ4v) is 2.61. The van der Waals surface area contributed by atoms with E-state index in [0.717, 1.165) is 17.7 Å². The minimum atomic E-state index is -0.695. The van der Waals surface area contributed by atoms with Crippen molar-refractivity contribution in [2.75, 3.05) is 5.32 Å². The molecule has 16 heavy (non-hydrogen) atoms. The van der Waals surface area contributed by atoms with Crippen LogP contribution in [0.5, 0.6) is 0 Å². The number of rotatable bonds is 2. The molecule has 1 aromatic rings. The standard InChI is InChI=1S/C13H15NO2/c15-13(16)10-7-12(8-5-6-8)14-11-4-2-1-3-9(10)11/h1-4,8,10,12,14H,5-7H2,(H,15,16). The second kappa shape index (κ2) is 3.51. The van der Waals surface area contributed by atoms with Crippen LogP contribution in [0.25, 0.3) is 0 Å². The molecule has 1 fully saturated rings. The van der Waals surface area contributed by atoms with E-state index in [1.807, 2.05) is 24.3 Å². The van der Waals surface area contributed by atoms with E-state index < -0.39 is 5.97 Å². The first-order valence-corrected chi connectivity index (χ1v) is 5.84. The van der Waals surface area contributed by atoms with Gasteiger partial charge in [-0.25, -0.2) is 0 Å². The van der Waals surface area contributed by atoms with Crippen molar-refractivity contribution in [2.24, 2.45) is 5.92 Å². The van der Waals surface area contributed by atoms with Gasteiger partial charge >= 0.3 is 5.97 Å². The van der Waals surface area contributed by atoms with Crippen LogP contribution < -0.4 is 5.32 Å². The molecule has 0 aromatic heterocycles. The number of carbonyl (C=O) groups is 1. The van der Waals surface area contributed by atoms with Gasteiger partial charge in [-0.05, 0) is 36.8 Å².